The van der Waals surface area contributed by atoms with E-state index >= 15 is 0 Å². The summed E-state index contributed by atoms with van der Waals surface area (Å²) < 4.78 is 19.3. The molecule has 2 unspecified atom stereocenters. The van der Waals surface area contributed by atoms with Gasteiger partial charge in [0.15, 0.2) is 11.6 Å². The van der Waals surface area contributed by atoms with Crippen LogP contribution in [0.4, 0.5) is 4.39 Å². The topological polar surface area (TPSA) is 46.5 Å². The highest BCUT2D eigenvalue weighted by Crippen LogP contribution is 2.27. The van der Waals surface area contributed by atoms with Gasteiger partial charge in [-0.3, -0.25) is 4.79 Å². The molecule has 3 nitrogen and oxygen atoms in total. The molecule has 0 aliphatic heterocycles. The van der Waals surface area contributed by atoms with Gasteiger partial charge in [-0.2, -0.15) is 0 Å². The van der Waals surface area contributed by atoms with Crippen molar-refractivity contribution >= 4 is 5.78 Å². The van der Waals surface area contributed by atoms with Crippen LogP contribution in [0.5, 0.6) is 5.75 Å². The first-order chi connectivity index (χ1) is 12.6. The molecule has 1 N–H and O–H groups in total. The van der Waals surface area contributed by atoms with E-state index < -0.39 is 11.4 Å². The smallest absolute Gasteiger partial charge is 0.165 e. The van der Waals surface area contributed by atoms with Crippen LogP contribution in [0.3, 0.4) is 0 Å². The van der Waals surface area contributed by atoms with Crippen molar-refractivity contribution < 1.29 is 19.0 Å². The van der Waals surface area contributed by atoms with Crippen LogP contribution in [0.1, 0.15) is 64.9 Å². The van der Waals surface area contributed by atoms with E-state index in [-0.39, 0.29) is 30.0 Å². The van der Waals surface area contributed by atoms with Crippen molar-refractivity contribution in [1.29, 1.82) is 0 Å². The molecule has 0 saturated carbocycles. The quantitative estimate of drug-likeness (QED) is 0.484. The van der Waals surface area contributed by atoms with Crippen molar-refractivity contribution in [2.75, 3.05) is 6.61 Å². The molecule has 0 radical (unpaired) electrons. The van der Waals surface area contributed by atoms with Crippen molar-refractivity contribution in [2.24, 2.45) is 5.92 Å². The molecule has 1 aromatic rings. The van der Waals surface area contributed by atoms with E-state index in [4.69, 9.17) is 4.74 Å². The van der Waals surface area contributed by atoms with E-state index in [1.807, 2.05) is 0 Å². The molecule has 2 atom stereocenters. The third-order valence-corrected chi connectivity index (χ3v) is 4.48. The lowest BCUT2D eigenvalue weighted by Crippen LogP contribution is -2.28. The van der Waals surface area contributed by atoms with Gasteiger partial charge in [-0.15, -0.1) is 6.58 Å². The average Bonchev–Trinajstić information content (AvgIpc) is 2.58. The molecule has 150 valence electrons. The van der Waals surface area contributed by atoms with Gasteiger partial charge >= 0.3 is 0 Å². The summed E-state index contributed by atoms with van der Waals surface area (Å²) >= 11 is 0. The standard InChI is InChI=1S/C23H33FO3/c1-6-10-19(18(3)25)12-9-7-8-11-17(2)20-13-14-21(24)22(15-20)27-16-23(4,5)26/h6-7,9,13-15,17,19,26H,1,8,10-12,16H2,2-5H3/b9-7+. The molecular formula is C23H33FO3. The van der Waals surface area contributed by atoms with E-state index in [0.717, 1.165) is 24.8 Å². The maximum atomic E-state index is 13.9. The Morgan fingerprint density at radius 2 is 2.04 bits per heavy atom. The Morgan fingerprint density at radius 3 is 2.63 bits per heavy atom. The summed E-state index contributed by atoms with van der Waals surface area (Å²) in [4.78, 5) is 11.5. The van der Waals surface area contributed by atoms with Crippen LogP contribution in [-0.4, -0.2) is 23.1 Å². The number of Topliss-reactive ketones (excluding diaryl/α,β-unsaturated/α-hetero) is 1. The maximum Gasteiger partial charge on any atom is 0.165 e. The second-order valence-electron chi connectivity index (χ2n) is 7.81. The van der Waals surface area contributed by atoms with Crippen molar-refractivity contribution in [3.63, 3.8) is 0 Å². The third-order valence-electron chi connectivity index (χ3n) is 4.48. The van der Waals surface area contributed by atoms with Gasteiger partial charge in [0.05, 0.1) is 5.60 Å². The van der Waals surface area contributed by atoms with Crippen LogP contribution in [0.15, 0.2) is 43.0 Å². The van der Waals surface area contributed by atoms with E-state index in [2.05, 4.69) is 25.7 Å². The van der Waals surface area contributed by atoms with Crippen molar-refractivity contribution in [3.05, 3.63) is 54.4 Å². The number of carbonyl (C=O) groups is 1. The number of ether oxygens (including phenoxy) is 1. The summed E-state index contributed by atoms with van der Waals surface area (Å²) in [5.74, 6) is 0.205. The van der Waals surface area contributed by atoms with Gasteiger partial charge in [0.1, 0.15) is 12.4 Å². The first kappa shape index (κ1) is 23.1. The minimum absolute atomic E-state index is 0.0174. The zero-order valence-corrected chi connectivity index (χ0v) is 17.0. The predicted molar refractivity (Wildman–Crippen MR) is 109 cm³/mol. The summed E-state index contributed by atoms with van der Waals surface area (Å²) in [5.41, 5.74) is -0.00819. The summed E-state index contributed by atoms with van der Waals surface area (Å²) in [6, 6.07) is 4.90. The molecule has 0 aromatic heterocycles. The van der Waals surface area contributed by atoms with E-state index in [0.29, 0.717) is 6.42 Å². The van der Waals surface area contributed by atoms with Crippen LogP contribution >= 0.6 is 0 Å². The Kier molecular flexibility index (Phi) is 9.44. The highest BCUT2D eigenvalue weighted by atomic mass is 19.1. The van der Waals surface area contributed by atoms with Gasteiger partial charge in [0.2, 0.25) is 0 Å². The molecule has 0 amide bonds. The minimum Gasteiger partial charge on any atom is -0.488 e. The Labute approximate surface area is 162 Å². The summed E-state index contributed by atoms with van der Waals surface area (Å²) in [7, 11) is 0. The summed E-state index contributed by atoms with van der Waals surface area (Å²) in [5, 5.41) is 9.74. The Bertz CT molecular complexity index is 644. The molecule has 0 aliphatic rings. The molecule has 0 fully saturated rings. The fourth-order valence-corrected chi connectivity index (χ4v) is 2.71. The molecule has 0 aliphatic carbocycles. The summed E-state index contributed by atoms with van der Waals surface area (Å²) in [6.07, 6.45) is 9.19. The highest BCUT2D eigenvalue weighted by Gasteiger charge is 2.16. The predicted octanol–water partition coefficient (Wildman–Crippen LogP) is 5.59. The van der Waals surface area contributed by atoms with Crippen LogP contribution in [-0.2, 0) is 4.79 Å². The van der Waals surface area contributed by atoms with Gasteiger partial charge in [-0.1, -0.05) is 31.2 Å². The zero-order chi connectivity index (χ0) is 20.4. The number of allylic oxidation sites excluding steroid dienone is 3. The van der Waals surface area contributed by atoms with Crippen LogP contribution in [0, 0.1) is 11.7 Å². The first-order valence-corrected chi connectivity index (χ1v) is 9.55. The van der Waals surface area contributed by atoms with Crippen molar-refractivity contribution in [1.82, 2.24) is 0 Å². The van der Waals surface area contributed by atoms with E-state index in [1.165, 1.54) is 6.07 Å². The zero-order valence-electron chi connectivity index (χ0n) is 17.0. The Hall–Kier alpha value is -1.94. The van der Waals surface area contributed by atoms with E-state index in [1.54, 1.807) is 39.0 Å². The molecule has 1 aromatic carbocycles. The lowest BCUT2D eigenvalue weighted by molar-refractivity contribution is -0.120. The SMILES string of the molecule is C=CCC(C/C=C/CCC(C)c1ccc(F)c(OCC(C)(C)O)c1)C(C)=O. The third kappa shape index (κ3) is 9.00. The second-order valence-corrected chi connectivity index (χ2v) is 7.81. The monoisotopic (exact) mass is 376 g/mol. The number of hydrogen-bond acceptors (Lipinski definition) is 3. The number of benzene rings is 1. The molecule has 4 heteroatoms. The molecule has 0 heterocycles. The van der Waals surface area contributed by atoms with Crippen molar-refractivity contribution in [3.8, 4) is 5.75 Å². The largest absolute Gasteiger partial charge is 0.488 e. The summed E-state index contributed by atoms with van der Waals surface area (Å²) in [6.45, 7) is 10.7. The minimum atomic E-state index is -1.01. The Balaban J connectivity index is 2.57. The second kappa shape index (κ2) is 11.0. The molecular weight excluding hydrogens is 343 g/mol. The van der Waals surface area contributed by atoms with Gasteiger partial charge < -0.3 is 9.84 Å². The molecule has 27 heavy (non-hydrogen) atoms. The first-order valence-electron chi connectivity index (χ1n) is 9.55. The van der Waals surface area contributed by atoms with Gasteiger partial charge in [-0.05, 0) is 70.1 Å². The lowest BCUT2D eigenvalue weighted by Gasteiger charge is -2.19. The van der Waals surface area contributed by atoms with Crippen LogP contribution in [0.25, 0.3) is 0 Å². The lowest BCUT2D eigenvalue weighted by atomic mass is 9.94. The van der Waals surface area contributed by atoms with E-state index in [9.17, 15) is 14.3 Å². The normalized spacial score (nSPS) is 14.1. The fourth-order valence-electron chi connectivity index (χ4n) is 2.71. The van der Waals surface area contributed by atoms with Gasteiger partial charge in [-0.25, -0.2) is 4.39 Å². The molecule has 0 spiro atoms. The van der Waals surface area contributed by atoms with Crippen LogP contribution in [0.2, 0.25) is 0 Å². The number of aliphatic hydroxyl groups is 1. The fraction of sp³-hybridized carbons (Fsp3) is 0.522. The average molecular weight is 377 g/mol. The van der Waals surface area contributed by atoms with Crippen LogP contribution < -0.4 is 4.74 Å². The van der Waals surface area contributed by atoms with Gasteiger partial charge in [0, 0.05) is 5.92 Å². The molecule has 0 bridgehead atoms. The van der Waals surface area contributed by atoms with Gasteiger partial charge in [0.25, 0.3) is 0 Å². The number of carbonyl (C=O) groups excluding carboxylic acids is 1. The highest BCUT2D eigenvalue weighted by molar-refractivity contribution is 5.78. The number of ketones is 1. The number of hydrogen-bond donors (Lipinski definition) is 1. The molecule has 1 rings (SSSR count). The maximum absolute atomic E-state index is 13.9. The number of rotatable bonds is 12. The molecule has 0 saturated heterocycles. The Morgan fingerprint density at radius 1 is 1.33 bits per heavy atom. The van der Waals surface area contributed by atoms with Crippen molar-refractivity contribution in [2.45, 2.75) is 64.9 Å². The number of halogens is 1.